The molecule has 0 spiro atoms. The van der Waals surface area contributed by atoms with Gasteiger partial charge in [0.1, 0.15) is 5.69 Å². The lowest BCUT2D eigenvalue weighted by molar-refractivity contribution is -0.0442. The Labute approximate surface area is 128 Å². The molecule has 1 aromatic rings. The first kappa shape index (κ1) is 14.1. The Kier molecular flexibility index (Phi) is 3.67. The van der Waals surface area contributed by atoms with Crippen molar-refractivity contribution in [1.82, 2.24) is 9.47 Å². The van der Waals surface area contributed by atoms with Gasteiger partial charge in [-0.2, -0.15) is 0 Å². The molecule has 2 aliphatic rings. The van der Waals surface area contributed by atoms with Gasteiger partial charge in [0.2, 0.25) is 0 Å². The van der Waals surface area contributed by atoms with Gasteiger partial charge < -0.3 is 14.2 Å². The fourth-order valence-electron chi connectivity index (χ4n) is 2.98. The first-order chi connectivity index (χ1) is 9.52. The van der Waals surface area contributed by atoms with Gasteiger partial charge in [-0.3, -0.25) is 4.79 Å². The molecular weight excluding hydrogens is 320 g/mol. The van der Waals surface area contributed by atoms with Crippen LogP contribution in [0.25, 0.3) is 0 Å². The number of nitrogens with zero attached hydrogens (tertiary/aromatic N) is 2. The molecule has 0 radical (unpaired) electrons. The molecule has 1 aliphatic carbocycles. The van der Waals surface area contributed by atoms with E-state index in [2.05, 4.69) is 27.4 Å². The Bertz CT molecular complexity index is 524. The molecule has 1 aliphatic heterocycles. The molecule has 0 N–H and O–H groups in total. The van der Waals surface area contributed by atoms with Crippen molar-refractivity contribution in [3.63, 3.8) is 0 Å². The summed E-state index contributed by atoms with van der Waals surface area (Å²) in [4.78, 5) is 14.7. The van der Waals surface area contributed by atoms with Crippen LogP contribution in [0.1, 0.15) is 49.1 Å². The summed E-state index contributed by atoms with van der Waals surface area (Å²) >= 11 is 3.49. The number of carbonyl (C=O) groups is 1. The molecule has 1 amide bonds. The molecule has 2 heterocycles. The number of halogens is 1. The maximum Gasteiger partial charge on any atom is 0.270 e. The first-order valence-electron chi connectivity index (χ1n) is 7.24. The minimum Gasteiger partial charge on any atom is -0.377 e. The summed E-state index contributed by atoms with van der Waals surface area (Å²) in [5.74, 6) is 0.130. The van der Waals surface area contributed by atoms with E-state index in [0.29, 0.717) is 12.6 Å². The van der Waals surface area contributed by atoms with Crippen LogP contribution in [0.2, 0.25) is 0 Å². The van der Waals surface area contributed by atoms with Crippen molar-refractivity contribution in [2.45, 2.75) is 44.2 Å². The third-order valence-corrected chi connectivity index (χ3v) is 4.85. The summed E-state index contributed by atoms with van der Waals surface area (Å²) in [6.07, 6.45) is 6.40. The number of aromatic nitrogens is 1. The number of carbonyl (C=O) groups excluding carboxylic acids is 1. The van der Waals surface area contributed by atoms with Crippen LogP contribution in [0.5, 0.6) is 0 Å². The van der Waals surface area contributed by atoms with Crippen LogP contribution in [0.15, 0.2) is 16.7 Å². The maximum atomic E-state index is 12.8. The topological polar surface area (TPSA) is 34.5 Å². The van der Waals surface area contributed by atoms with Gasteiger partial charge in [0, 0.05) is 36.9 Å². The second kappa shape index (κ2) is 5.19. The average molecular weight is 341 g/mol. The zero-order valence-corrected chi connectivity index (χ0v) is 13.6. The Morgan fingerprint density at radius 3 is 2.90 bits per heavy atom. The van der Waals surface area contributed by atoms with Gasteiger partial charge in [-0.05, 0) is 54.6 Å². The molecule has 110 valence electrons. The van der Waals surface area contributed by atoms with Gasteiger partial charge in [-0.25, -0.2) is 0 Å². The van der Waals surface area contributed by atoms with Crippen LogP contribution in [-0.4, -0.2) is 41.2 Å². The number of rotatable bonds is 3. The van der Waals surface area contributed by atoms with E-state index in [1.165, 1.54) is 12.8 Å². The molecule has 4 nitrogen and oxygen atoms in total. The summed E-state index contributed by atoms with van der Waals surface area (Å²) < 4.78 is 8.70. The Morgan fingerprint density at radius 1 is 1.50 bits per heavy atom. The summed E-state index contributed by atoms with van der Waals surface area (Å²) in [6.45, 7) is 3.59. The average Bonchev–Trinajstić information content (AvgIpc) is 3.21. The number of likely N-dealkylation sites (tertiary alicyclic amines) is 1. The van der Waals surface area contributed by atoms with Gasteiger partial charge in [0.15, 0.2) is 0 Å². The number of methoxy groups -OCH3 is 1. The van der Waals surface area contributed by atoms with E-state index in [9.17, 15) is 4.79 Å². The van der Waals surface area contributed by atoms with E-state index in [-0.39, 0.29) is 11.5 Å². The molecule has 0 aromatic carbocycles. The fraction of sp³-hybridized carbons (Fsp3) is 0.667. The highest BCUT2D eigenvalue weighted by atomic mass is 79.9. The van der Waals surface area contributed by atoms with Crippen LogP contribution < -0.4 is 0 Å². The highest BCUT2D eigenvalue weighted by Gasteiger charge is 2.35. The van der Waals surface area contributed by atoms with Crippen LogP contribution in [0.4, 0.5) is 0 Å². The number of piperidine rings is 1. The lowest BCUT2D eigenvalue weighted by Crippen LogP contribution is -2.50. The molecule has 20 heavy (non-hydrogen) atoms. The molecular formula is C15H21BrN2O2. The van der Waals surface area contributed by atoms with Crippen molar-refractivity contribution in [1.29, 1.82) is 0 Å². The quantitative estimate of drug-likeness (QED) is 0.846. The van der Waals surface area contributed by atoms with Crippen molar-refractivity contribution in [3.8, 4) is 0 Å². The minimum absolute atomic E-state index is 0.130. The number of amides is 1. The van der Waals surface area contributed by atoms with E-state index < -0.39 is 0 Å². The molecule has 0 bridgehead atoms. The van der Waals surface area contributed by atoms with Crippen molar-refractivity contribution in [2.24, 2.45) is 0 Å². The molecule has 2 fully saturated rings. The predicted molar refractivity (Wildman–Crippen MR) is 81.0 cm³/mol. The van der Waals surface area contributed by atoms with Crippen LogP contribution in [0.3, 0.4) is 0 Å². The largest absolute Gasteiger partial charge is 0.377 e. The molecule has 1 atom stereocenters. The van der Waals surface area contributed by atoms with Crippen LogP contribution in [0, 0.1) is 0 Å². The lowest BCUT2D eigenvalue weighted by Gasteiger charge is -2.39. The van der Waals surface area contributed by atoms with Gasteiger partial charge in [0.05, 0.1) is 5.60 Å². The van der Waals surface area contributed by atoms with Gasteiger partial charge in [0.25, 0.3) is 5.91 Å². The highest BCUT2D eigenvalue weighted by Crippen LogP contribution is 2.38. The summed E-state index contributed by atoms with van der Waals surface area (Å²) in [5, 5.41) is 0. The third-order valence-electron chi connectivity index (χ3n) is 4.41. The van der Waals surface area contributed by atoms with Crippen LogP contribution >= 0.6 is 15.9 Å². The predicted octanol–water partition coefficient (Wildman–Crippen LogP) is 3.23. The molecule has 1 saturated carbocycles. The van der Waals surface area contributed by atoms with E-state index >= 15 is 0 Å². The smallest absolute Gasteiger partial charge is 0.270 e. The summed E-state index contributed by atoms with van der Waals surface area (Å²) in [5.41, 5.74) is 0.599. The van der Waals surface area contributed by atoms with Gasteiger partial charge in [-0.15, -0.1) is 0 Å². The normalized spacial score (nSPS) is 26.9. The molecule has 1 saturated heterocycles. The number of hydrogen-bond donors (Lipinski definition) is 0. The second-order valence-corrected chi connectivity index (χ2v) is 7.08. The Balaban J connectivity index is 1.81. The second-order valence-electron chi connectivity index (χ2n) is 6.17. The van der Waals surface area contributed by atoms with Crippen molar-refractivity contribution < 1.29 is 9.53 Å². The summed E-state index contributed by atoms with van der Waals surface area (Å²) in [6, 6.07) is 2.46. The zero-order chi connectivity index (χ0) is 14.3. The highest BCUT2D eigenvalue weighted by molar-refractivity contribution is 9.10. The van der Waals surface area contributed by atoms with E-state index in [0.717, 1.165) is 29.6 Å². The number of hydrogen-bond acceptors (Lipinski definition) is 2. The van der Waals surface area contributed by atoms with Gasteiger partial charge in [-0.1, -0.05) is 0 Å². The fourth-order valence-corrected chi connectivity index (χ4v) is 3.42. The Hall–Kier alpha value is -0.810. The Morgan fingerprint density at radius 2 is 2.25 bits per heavy atom. The molecule has 1 aromatic heterocycles. The minimum atomic E-state index is -0.206. The molecule has 5 heteroatoms. The molecule has 3 rings (SSSR count). The molecule has 1 unspecified atom stereocenters. The zero-order valence-electron chi connectivity index (χ0n) is 12.1. The van der Waals surface area contributed by atoms with Crippen molar-refractivity contribution in [2.75, 3.05) is 20.2 Å². The monoisotopic (exact) mass is 340 g/mol. The van der Waals surface area contributed by atoms with E-state index in [1.807, 2.05) is 17.2 Å². The third kappa shape index (κ3) is 2.66. The van der Waals surface area contributed by atoms with Crippen molar-refractivity contribution >= 4 is 21.8 Å². The van der Waals surface area contributed by atoms with Crippen LogP contribution in [-0.2, 0) is 4.74 Å². The SMILES string of the molecule is COC1(C)CCCN(C(=O)c2cc(Br)cn2C2CC2)C1. The van der Waals surface area contributed by atoms with E-state index in [4.69, 9.17) is 4.74 Å². The first-order valence-corrected chi connectivity index (χ1v) is 8.03. The van der Waals surface area contributed by atoms with Gasteiger partial charge >= 0.3 is 0 Å². The standard InChI is InChI=1S/C15H21BrN2O2/c1-15(20-2)6-3-7-17(10-15)14(19)13-8-11(16)9-18(13)12-4-5-12/h8-9,12H,3-7,10H2,1-2H3. The number of ether oxygens (including phenoxy) is 1. The maximum absolute atomic E-state index is 12.8. The lowest BCUT2D eigenvalue weighted by atomic mass is 9.94. The van der Waals surface area contributed by atoms with E-state index in [1.54, 1.807) is 7.11 Å². The summed E-state index contributed by atoms with van der Waals surface area (Å²) in [7, 11) is 1.73. The van der Waals surface area contributed by atoms with Crippen molar-refractivity contribution in [3.05, 3.63) is 22.4 Å².